The van der Waals surface area contributed by atoms with E-state index in [0.29, 0.717) is 11.2 Å². The van der Waals surface area contributed by atoms with Crippen LogP contribution < -0.4 is 16.6 Å². The van der Waals surface area contributed by atoms with Crippen LogP contribution in [-0.2, 0) is 0 Å². The molecule has 0 amide bonds. The van der Waals surface area contributed by atoms with E-state index in [9.17, 15) is 0 Å². The van der Waals surface area contributed by atoms with Gasteiger partial charge >= 0.3 is 0 Å². The lowest BCUT2D eigenvalue weighted by Gasteiger charge is -2.54. The van der Waals surface area contributed by atoms with Crippen LogP contribution in [0.15, 0.2) is 0 Å². The molecule has 4 bridgehead atoms. The second-order valence-corrected chi connectivity index (χ2v) is 6.03. The molecule has 4 N–H and O–H groups in total. The van der Waals surface area contributed by atoms with Gasteiger partial charge < -0.3 is 5.73 Å². The van der Waals surface area contributed by atoms with E-state index in [-0.39, 0.29) is 0 Å². The summed E-state index contributed by atoms with van der Waals surface area (Å²) in [6.45, 7) is 0. The average Bonchev–Trinajstić information content (AvgIpc) is 2.14. The summed E-state index contributed by atoms with van der Waals surface area (Å²) in [5.41, 5.74) is 11.7. The van der Waals surface area contributed by atoms with Crippen molar-refractivity contribution in [1.82, 2.24) is 10.9 Å². The van der Waals surface area contributed by atoms with Gasteiger partial charge in [-0.2, -0.15) is 0 Å². The molecule has 0 aromatic heterocycles. The molecule has 4 aliphatic rings. The lowest BCUT2D eigenvalue weighted by atomic mass is 9.54. The van der Waals surface area contributed by atoms with Crippen molar-refractivity contribution in [1.29, 1.82) is 0 Å². The molecule has 0 spiro atoms. The van der Waals surface area contributed by atoms with Crippen molar-refractivity contribution in [3.8, 4) is 0 Å². The lowest BCUT2D eigenvalue weighted by molar-refractivity contribution is -0.0161. The van der Waals surface area contributed by atoms with Crippen molar-refractivity contribution in [3.63, 3.8) is 0 Å². The SMILES string of the molecule is NC(=S)NNC1C2CC3CC(C2)CC1C3. The highest BCUT2D eigenvalue weighted by molar-refractivity contribution is 7.80. The van der Waals surface area contributed by atoms with E-state index in [0.717, 1.165) is 23.7 Å². The predicted octanol–water partition coefficient (Wildman–Crippen LogP) is 1.15. The maximum atomic E-state index is 5.45. The molecule has 15 heavy (non-hydrogen) atoms. The smallest absolute Gasteiger partial charge is 0.178 e. The molecular weight excluding hydrogens is 206 g/mol. The molecule has 0 aromatic rings. The molecule has 4 heteroatoms. The quantitative estimate of drug-likeness (QED) is 0.487. The first-order valence-electron chi connectivity index (χ1n) is 6.03. The molecule has 4 rings (SSSR count). The first-order valence-corrected chi connectivity index (χ1v) is 6.44. The van der Waals surface area contributed by atoms with Crippen LogP contribution in [-0.4, -0.2) is 11.2 Å². The summed E-state index contributed by atoms with van der Waals surface area (Å²) >= 11 is 4.83. The number of hydrazine groups is 1. The second-order valence-electron chi connectivity index (χ2n) is 5.59. The molecule has 0 unspecified atom stereocenters. The molecule has 4 saturated carbocycles. The van der Waals surface area contributed by atoms with Crippen LogP contribution in [0.1, 0.15) is 32.1 Å². The van der Waals surface area contributed by atoms with E-state index >= 15 is 0 Å². The van der Waals surface area contributed by atoms with E-state index in [4.69, 9.17) is 18.0 Å². The molecule has 0 heterocycles. The van der Waals surface area contributed by atoms with Gasteiger partial charge in [-0.05, 0) is 68.0 Å². The Morgan fingerprint density at radius 2 is 1.53 bits per heavy atom. The van der Waals surface area contributed by atoms with Crippen molar-refractivity contribution < 1.29 is 0 Å². The molecule has 0 saturated heterocycles. The molecular formula is C11H19N3S. The van der Waals surface area contributed by atoms with Crippen LogP contribution in [0.3, 0.4) is 0 Å². The van der Waals surface area contributed by atoms with Crippen LogP contribution in [0.4, 0.5) is 0 Å². The van der Waals surface area contributed by atoms with Gasteiger partial charge in [-0.1, -0.05) is 0 Å². The van der Waals surface area contributed by atoms with Gasteiger partial charge in [0.2, 0.25) is 0 Å². The van der Waals surface area contributed by atoms with Crippen LogP contribution in [0.2, 0.25) is 0 Å². The van der Waals surface area contributed by atoms with Gasteiger partial charge in [0.1, 0.15) is 0 Å². The van der Waals surface area contributed by atoms with Crippen molar-refractivity contribution in [2.24, 2.45) is 29.4 Å². The van der Waals surface area contributed by atoms with Crippen LogP contribution in [0.25, 0.3) is 0 Å². The minimum absolute atomic E-state index is 0.365. The van der Waals surface area contributed by atoms with Crippen LogP contribution >= 0.6 is 12.2 Å². The monoisotopic (exact) mass is 225 g/mol. The number of hydrogen-bond acceptors (Lipinski definition) is 2. The van der Waals surface area contributed by atoms with E-state index in [1.54, 1.807) is 0 Å². The van der Waals surface area contributed by atoms with Gasteiger partial charge in [0.05, 0.1) is 0 Å². The Balaban J connectivity index is 1.67. The van der Waals surface area contributed by atoms with Gasteiger partial charge in [-0.25, -0.2) is 5.43 Å². The highest BCUT2D eigenvalue weighted by atomic mass is 32.1. The van der Waals surface area contributed by atoms with Gasteiger partial charge in [0.15, 0.2) is 5.11 Å². The van der Waals surface area contributed by atoms with Crippen LogP contribution in [0, 0.1) is 23.7 Å². The Labute approximate surface area is 96.1 Å². The average molecular weight is 225 g/mol. The van der Waals surface area contributed by atoms with Crippen LogP contribution in [0.5, 0.6) is 0 Å². The third kappa shape index (κ3) is 1.74. The lowest BCUT2D eigenvalue weighted by Crippen LogP contribution is -2.59. The summed E-state index contributed by atoms with van der Waals surface area (Å²) in [6.07, 6.45) is 7.18. The summed E-state index contributed by atoms with van der Waals surface area (Å²) in [4.78, 5) is 0. The van der Waals surface area contributed by atoms with E-state index < -0.39 is 0 Å². The largest absolute Gasteiger partial charge is 0.375 e. The number of nitrogens with one attached hydrogen (secondary N) is 2. The highest BCUT2D eigenvalue weighted by Gasteiger charge is 2.48. The summed E-state index contributed by atoms with van der Waals surface area (Å²) in [5.74, 6) is 3.77. The third-order valence-corrected chi connectivity index (χ3v) is 4.69. The zero-order chi connectivity index (χ0) is 10.4. The van der Waals surface area contributed by atoms with E-state index in [1.165, 1.54) is 32.1 Å². The molecule has 0 radical (unpaired) electrons. The predicted molar refractivity (Wildman–Crippen MR) is 63.9 cm³/mol. The zero-order valence-electron chi connectivity index (χ0n) is 8.91. The van der Waals surface area contributed by atoms with Crippen molar-refractivity contribution >= 4 is 17.3 Å². The molecule has 84 valence electrons. The van der Waals surface area contributed by atoms with E-state index in [1.807, 2.05) is 0 Å². The summed E-state index contributed by atoms with van der Waals surface area (Å²) in [6, 6.07) is 0.610. The number of rotatable bonds is 2. The topological polar surface area (TPSA) is 50.1 Å². The van der Waals surface area contributed by atoms with Gasteiger partial charge in [0.25, 0.3) is 0 Å². The first-order chi connectivity index (χ1) is 7.22. The number of thiocarbonyl (C=S) groups is 1. The van der Waals surface area contributed by atoms with Crippen molar-refractivity contribution in [2.45, 2.75) is 38.1 Å². The molecule has 4 aliphatic carbocycles. The van der Waals surface area contributed by atoms with Gasteiger partial charge in [0, 0.05) is 6.04 Å². The van der Waals surface area contributed by atoms with Gasteiger partial charge in [-0.15, -0.1) is 0 Å². The van der Waals surface area contributed by atoms with Crippen molar-refractivity contribution in [3.05, 3.63) is 0 Å². The second kappa shape index (κ2) is 3.59. The fourth-order valence-electron chi connectivity index (χ4n) is 4.32. The maximum absolute atomic E-state index is 5.45. The fraction of sp³-hybridized carbons (Fsp3) is 0.909. The Kier molecular flexibility index (Phi) is 2.36. The first kappa shape index (κ1) is 9.85. The Hall–Kier alpha value is -0.350. The Bertz CT molecular complexity index is 251. The minimum Gasteiger partial charge on any atom is -0.375 e. The number of hydrogen-bond donors (Lipinski definition) is 3. The fourth-order valence-corrected chi connectivity index (χ4v) is 4.37. The molecule has 4 fully saturated rings. The van der Waals surface area contributed by atoms with Crippen molar-refractivity contribution in [2.75, 3.05) is 0 Å². The summed E-state index contributed by atoms with van der Waals surface area (Å²) in [7, 11) is 0. The number of nitrogens with two attached hydrogens (primary N) is 1. The molecule has 0 aromatic carbocycles. The van der Waals surface area contributed by atoms with Gasteiger partial charge in [-0.3, -0.25) is 5.43 Å². The molecule has 0 aliphatic heterocycles. The Morgan fingerprint density at radius 3 is 2.00 bits per heavy atom. The standard InChI is InChI=1S/C11H19N3S/c12-11(15)14-13-10-8-2-6-1-7(4-8)5-9(10)3-6/h6-10,13H,1-5H2,(H3,12,14,15). The zero-order valence-corrected chi connectivity index (χ0v) is 9.72. The highest BCUT2D eigenvalue weighted by Crippen LogP contribution is 2.53. The Morgan fingerprint density at radius 1 is 1.00 bits per heavy atom. The summed E-state index contributed by atoms with van der Waals surface area (Å²) < 4.78 is 0. The molecule has 3 nitrogen and oxygen atoms in total. The van der Waals surface area contributed by atoms with E-state index in [2.05, 4.69) is 10.9 Å². The minimum atomic E-state index is 0.365. The maximum Gasteiger partial charge on any atom is 0.178 e. The third-order valence-electron chi connectivity index (χ3n) is 4.59. The summed E-state index contributed by atoms with van der Waals surface area (Å²) in [5, 5.41) is 0.365. The molecule has 0 atom stereocenters. The normalized spacial score (nSPS) is 46.8.